The molecule has 0 bridgehead atoms. The van der Waals surface area contributed by atoms with Crippen molar-refractivity contribution < 1.29 is 14.7 Å². The van der Waals surface area contributed by atoms with Gasteiger partial charge in [-0.3, -0.25) is 0 Å². The molecule has 1 atom stereocenters. The van der Waals surface area contributed by atoms with Crippen LogP contribution in [0.2, 0.25) is 0 Å². The summed E-state index contributed by atoms with van der Waals surface area (Å²) in [5, 5.41) is 14.0. The summed E-state index contributed by atoms with van der Waals surface area (Å²) in [7, 11) is 0. The second-order valence-electron chi connectivity index (χ2n) is 3.83. The average Bonchev–Trinajstić information content (AvgIpc) is 2.39. The maximum absolute atomic E-state index is 11.5. The number of carbonyl (C=O) groups excluding carboxylic acids is 1. The number of hydrogen-bond donors (Lipinski definition) is 3. The Balaban J connectivity index is 2.55. The van der Waals surface area contributed by atoms with E-state index in [4.69, 9.17) is 5.11 Å². The maximum atomic E-state index is 11.5. The molecule has 3 N–H and O–H groups in total. The average molecular weight is 260 g/mol. The van der Waals surface area contributed by atoms with Crippen LogP contribution in [-0.2, 0) is 11.2 Å². The Morgan fingerprint density at radius 3 is 2.58 bits per heavy atom. The summed E-state index contributed by atoms with van der Waals surface area (Å²) < 4.78 is 0. The van der Waals surface area contributed by atoms with Gasteiger partial charge in [-0.05, 0) is 12.5 Å². The molecule has 0 spiro atoms. The van der Waals surface area contributed by atoms with E-state index in [1.165, 1.54) is 0 Å². The van der Waals surface area contributed by atoms with Crippen LogP contribution >= 0.6 is 0 Å². The minimum atomic E-state index is -1.07. The molecule has 0 saturated heterocycles. The fourth-order valence-corrected chi connectivity index (χ4v) is 1.47. The second kappa shape index (κ2) is 7.77. The van der Waals surface area contributed by atoms with Gasteiger partial charge in [-0.15, -0.1) is 5.92 Å². The molecular formula is C14H16N2O3. The number of rotatable bonds is 5. The van der Waals surface area contributed by atoms with Crippen LogP contribution in [0.15, 0.2) is 30.3 Å². The van der Waals surface area contributed by atoms with Crippen molar-refractivity contribution in [1.29, 1.82) is 0 Å². The Labute approximate surface area is 112 Å². The van der Waals surface area contributed by atoms with Gasteiger partial charge in [-0.25, -0.2) is 9.59 Å². The minimum absolute atomic E-state index is 0.194. The normalized spacial score (nSPS) is 10.8. The van der Waals surface area contributed by atoms with E-state index in [1.54, 1.807) is 6.92 Å². The molecule has 0 aliphatic carbocycles. The highest BCUT2D eigenvalue weighted by molar-refractivity contribution is 5.82. The van der Waals surface area contributed by atoms with Crippen molar-refractivity contribution in [2.75, 3.05) is 6.54 Å². The van der Waals surface area contributed by atoms with Crippen LogP contribution in [0, 0.1) is 11.8 Å². The molecule has 0 saturated carbocycles. The summed E-state index contributed by atoms with van der Waals surface area (Å²) in [5.74, 6) is 4.22. The van der Waals surface area contributed by atoms with Crippen LogP contribution in [-0.4, -0.2) is 29.7 Å². The second-order valence-corrected chi connectivity index (χ2v) is 3.83. The molecule has 19 heavy (non-hydrogen) atoms. The molecule has 1 aromatic carbocycles. The molecular weight excluding hydrogens is 244 g/mol. The number of nitrogens with one attached hydrogen (secondary N) is 2. The van der Waals surface area contributed by atoms with Crippen molar-refractivity contribution in [3.63, 3.8) is 0 Å². The largest absolute Gasteiger partial charge is 0.480 e. The molecule has 0 aliphatic heterocycles. The first-order valence-corrected chi connectivity index (χ1v) is 5.84. The van der Waals surface area contributed by atoms with Crippen LogP contribution in [0.3, 0.4) is 0 Å². The molecule has 5 heteroatoms. The van der Waals surface area contributed by atoms with E-state index in [1.807, 2.05) is 30.3 Å². The van der Waals surface area contributed by atoms with E-state index >= 15 is 0 Å². The fraction of sp³-hybridized carbons (Fsp3) is 0.286. The van der Waals surface area contributed by atoms with E-state index in [2.05, 4.69) is 22.5 Å². The van der Waals surface area contributed by atoms with E-state index < -0.39 is 18.0 Å². The Morgan fingerprint density at radius 2 is 2.00 bits per heavy atom. The van der Waals surface area contributed by atoms with E-state index in [9.17, 15) is 9.59 Å². The van der Waals surface area contributed by atoms with Gasteiger partial charge in [0.25, 0.3) is 0 Å². The highest BCUT2D eigenvalue weighted by Crippen LogP contribution is 2.03. The minimum Gasteiger partial charge on any atom is -0.480 e. The lowest BCUT2D eigenvalue weighted by molar-refractivity contribution is -0.139. The summed E-state index contributed by atoms with van der Waals surface area (Å²) in [6.45, 7) is 1.86. The van der Waals surface area contributed by atoms with Gasteiger partial charge in [-0.2, -0.15) is 0 Å². The van der Waals surface area contributed by atoms with Crippen molar-refractivity contribution in [3.05, 3.63) is 35.9 Å². The Morgan fingerprint density at radius 1 is 1.32 bits per heavy atom. The quantitative estimate of drug-likeness (QED) is 0.691. The van der Waals surface area contributed by atoms with Crippen molar-refractivity contribution >= 4 is 12.0 Å². The van der Waals surface area contributed by atoms with Crippen molar-refractivity contribution in [3.8, 4) is 11.8 Å². The number of carboxylic acids is 1. The van der Waals surface area contributed by atoms with E-state index in [-0.39, 0.29) is 13.0 Å². The maximum Gasteiger partial charge on any atom is 0.326 e. The SMILES string of the molecule is CC#CCNC(=O)N[C@H](Cc1ccccc1)C(=O)O. The Hall–Kier alpha value is -2.48. The van der Waals surface area contributed by atoms with Crippen LogP contribution in [0.1, 0.15) is 12.5 Å². The molecule has 0 aliphatic rings. The van der Waals surface area contributed by atoms with E-state index in [0.717, 1.165) is 5.56 Å². The number of carbonyl (C=O) groups is 2. The summed E-state index contributed by atoms with van der Waals surface area (Å²) >= 11 is 0. The standard InChI is InChI=1S/C14H16N2O3/c1-2-3-9-15-14(19)16-12(13(17)18)10-11-7-5-4-6-8-11/h4-8,12H,9-10H2,1H3,(H,17,18)(H2,15,16,19)/t12-/m1/s1. The Bertz CT molecular complexity index is 488. The van der Waals surface area contributed by atoms with Crippen LogP contribution < -0.4 is 10.6 Å². The molecule has 5 nitrogen and oxygen atoms in total. The molecule has 0 heterocycles. The lowest BCUT2D eigenvalue weighted by atomic mass is 10.1. The molecule has 2 amide bonds. The molecule has 1 rings (SSSR count). The van der Waals surface area contributed by atoms with Gasteiger partial charge < -0.3 is 15.7 Å². The van der Waals surface area contributed by atoms with Crippen molar-refractivity contribution in [2.45, 2.75) is 19.4 Å². The molecule has 0 aromatic heterocycles. The summed E-state index contributed by atoms with van der Waals surface area (Å²) in [6, 6.07) is 7.64. The first-order chi connectivity index (χ1) is 9.13. The van der Waals surface area contributed by atoms with Crippen LogP contribution in [0.25, 0.3) is 0 Å². The van der Waals surface area contributed by atoms with Gasteiger partial charge in [0.2, 0.25) is 0 Å². The Kier molecular flexibility index (Phi) is 5.96. The molecule has 1 aromatic rings. The van der Waals surface area contributed by atoms with Crippen molar-refractivity contribution in [1.82, 2.24) is 10.6 Å². The molecule has 100 valence electrons. The van der Waals surface area contributed by atoms with Gasteiger partial charge in [-0.1, -0.05) is 36.3 Å². The summed E-state index contributed by atoms with van der Waals surface area (Å²) in [6.07, 6.45) is 0.239. The van der Waals surface area contributed by atoms with Gasteiger partial charge in [0, 0.05) is 6.42 Å². The van der Waals surface area contributed by atoms with Gasteiger partial charge in [0.1, 0.15) is 6.04 Å². The van der Waals surface area contributed by atoms with Gasteiger partial charge in [0.05, 0.1) is 6.54 Å². The number of benzene rings is 1. The van der Waals surface area contributed by atoms with Crippen LogP contribution in [0.4, 0.5) is 4.79 Å². The first kappa shape index (κ1) is 14.6. The fourth-order valence-electron chi connectivity index (χ4n) is 1.47. The molecule has 0 fully saturated rings. The topological polar surface area (TPSA) is 78.4 Å². The van der Waals surface area contributed by atoms with Crippen LogP contribution in [0.5, 0.6) is 0 Å². The smallest absolute Gasteiger partial charge is 0.326 e. The zero-order valence-corrected chi connectivity index (χ0v) is 10.6. The highest BCUT2D eigenvalue weighted by Gasteiger charge is 2.19. The number of amides is 2. The van der Waals surface area contributed by atoms with Gasteiger partial charge >= 0.3 is 12.0 Å². The lowest BCUT2D eigenvalue weighted by Gasteiger charge is -2.14. The predicted molar refractivity (Wildman–Crippen MR) is 71.6 cm³/mol. The van der Waals surface area contributed by atoms with Crippen molar-refractivity contribution in [2.24, 2.45) is 0 Å². The lowest BCUT2D eigenvalue weighted by Crippen LogP contribution is -2.47. The monoisotopic (exact) mass is 260 g/mol. The third kappa shape index (κ3) is 5.59. The zero-order valence-electron chi connectivity index (χ0n) is 10.6. The number of aliphatic carboxylic acids is 1. The summed E-state index contributed by atoms with van der Waals surface area (Å²) in [5.41, 5.74) is 0.851. The predicted octanol–water partition coefficient (Wildman–Crippen LogP) is 1.00. The summed E-state index contributed by atoms with van der Waals surface area (Å²) in [4.78, 5) is 22.6. The molecule has 0 radical (unpaired) electrons. The third-order valence-electron chi connectivity index (χ3n) is 2.40. The third-order valence-corrected chi connectivity index (χ3v) is 2.40. The van der Waals surface area contributed by atoms with E-state index in [0.29, 0.717) is 0 Å². The molecule has 0 unspecified atom stereocenters. The van der Waals surface area contributed by atoms with Gasteiger partial charge in [0.15, 0.2) is 0 Å². The highest BCUT2D eigenvalue weighted by atomic mass is 16.4. The zero-order chi connectivity index (χ0) is 14.1. The first-order valence-electron chi connectivity index (χ1n) is 5.84. The number of hydrogen-bond acceptors (Lipinski definition) is 2. The number of urea groups is 1. The number of carboxylic acid groups (broad SMARTS) is 1.